The Kier molecular flexibility index (Phi) is 59.5. The van der Waals surface area contributed by atoms with Crippen LogP contribution in [0.5, 0.6) is 0 Å². The summed E-state index contributed by atoms with van der Waals surface area (Å²) in [6.45, 7) is 6.38. The van der Waals surface area contributed by atoms with Crippen molar-refractivity contribution in [1.29, 1.82) is 0 Å². The van der Waals surface area contributed by atoms with Crippen LogP contribution in [-0.4, -0.2) is 37.2 Å². The number of ether oxygens (including phenoxy) is 3. The van der Waals surface area contributed by atoms with Crippen LogP contribution in [0.2, 0.25) is 0 Å². The molecule has 0 aromatic heterocycles. The van der Waals surface area contributed by atoms with E-state index >= 15 is 0 Å². The van der Waals surface area contributed by atoms with Gasteiger partial charge in [-0.25, -0.2) is 0 Å². The molecule has 1 atom stereocenters. The molecule has 0 aliphatic carbocycles. The third-order valence-corrected chi connectivity index (χ3v) is 12.5. The number of rotatable bonds is 54. The van der Waals surface area contributed by atoms with E-state index in [0.717, 1.165) is 161 Å². The number of carbonyl (C=O) groups is 3. The number of esters is 3. The first-order valence-electron chi connectivity index (χ1n) is 31.0. The summed E-state index contributed by atoms with van der Waals surface area (Å²) in [5.41, 5.74) is 0. The van der Waals surface area contributed by atoms with Crippen LogP contribution in [0.3, 0.4) is 0 Å². The van der Waals surface area contributed by atoms with E-state index in [-0.39, 0.29) is 31.1 Å². The van der Waals surface area contributed by atoms with Gasteiger partial charge in [0.25, 0.3) is 0 Å². The molecule has 0 N–H and O–H groups in total. The van der Waals surface area contributed by atoms with Gasteiger partial charge in [0, 0.05) is 19.3 Å². The number of unbranched alkanes of at least 4 members (excludes halogenated alkanes) is 17. The van der Waals surface area contributed by atoms with Gasteiger partial charge >= 0.3 is 17.9 Å². The molecule has 77 heavy (non-hydrogen) atoms. The lowest BCUT2D eigenvalue weighted by Gasteiger charge is -2.18. The van der Waals surface area contributed by atoms with Gasteiger partial charge in [-0.2, -0.15) is 0 Å². The third kappa shape index (κ3) is 61.8. The topological polar surface area (TPSA) is 78.9 Å². The maximum Gasteiger partial charge on any atom is 0.306 e. The molecule has 0 fully saturated rings. The minimum Gasteiger partial charge on any atom is -0.462 e. The standard InChI is InChI=1S/C71H112O6/c1-4-7-10-13-16-19-22-25-26-27-28-29-30-31-32-33-34-35-36-37-38-39-40-41-42-43-44-47-49-52-55-58-61-64-70(73)76-67-68(77-71(74)65-62-59-56-53-50-46-24-21-18-15-12-9-6-3)66-75-69(72)63-60-57-54-51-48-45-23-20-17-14-11-8-5-2/h7,10,12,15-16,19-21,23-26,28-29,31-32,34-35,37-38,40-41,43-44,49,52,68H,4-6,8-9,11,13-14,17-18,22,27,30,33,36,39,42,45-48,50-51,53-67H2,1-3H3/b10-7-,15-12-,19-16-,23-20-,24-21-,26-25-,29-28-,32-31-,35-34-,38-37-,41-40-,44-43-,52-49-. The van der Waals surface area contributed by atoms with E-state index in [9.17, 15) is 14.4 Å². The highest BCUT2D eigenvalue weighted by Crippen LogP contribution is 2.13. The Balaban J connectivity index is 4.37. The molecule has 0 aliphatic rings. The summed E-state index contributed by atoms with van der Waals surface area (Å²) in [4.78, 5) is 38.1. The molecule has 0 aromatic rings. The largest absolute Gasteiger partial charge is 0.462 e. The summed E-state index contributed by atoms with van der Waals surface area (Å²) >= 11 is 0. The molecule has 6 heteroatoms. The molecule has 0 radical (unpaired) electrons. The molecule has 0 aliphatic heterocycles. The van der Waals surface area contributed by atoms with Crippen LogP contribution in [0.4, 0.5) is 0 Å². The number of hydrogen-bond acceptors (Lipinski definition) is 6. The predicted molar refractivity (Wildman–Crippen MR) is 334 cm³/mol. The van der Waals surface area contributed by atoms with Crippen molar-refractivity contribution in [3.63, 3.8) is 0 Å². The summed E-state index contributed by atoms with van der Waals surface area (Å²) in [7, 11) is 0. The normalized spacial score (nSPS) is 13.2. The highest BCUT2D eigenvalue weighted by molar-refractivity contribution is 5.71. The fourth-order valence-electron chi connectivity index (χ4n) is 7.85. The Morgan fingerprint density at radius 2 is 0.532 bits per heavy atom. The van der Waals surface area contributed by atoms with Gasteiger partial charge in [-0.05, 0) is 148 Å². The fourth-order valence-corrected chi connectivity index (χ4v) is 7.85. The molecule has 0 aromatic carbocycles. The maximum atomic E-state index is 12.8. The highest BCUT2D eigenvalue weighted by Gasteiger charge is 2.19. The average molecular weight is 1060 g/mol. The molecule has 0 heterocycles. The van der Waals surface area contributed by atoms with Gasteiger partial charge in [-0.1, -0.05) is 243 Å². The van der Waals surface area contributed by atoms with Crippen LogP contribution >= 0.6 is 0 Å². The summed E-state index contributed by atoms with van der Waals surface area (Å²) in [6, 6.07) is 0. The molecule has 0 amide bonds. The first kappa shape index (κ1) is 72.0. The lowest BCUT2D eigenvalue weighted by molar-refractivity contribution is -0.167. The Morgan fingerprint density at radius 1 is 0.273 bits per heavy atom. The molecule has 0 rings (SSSR count). The van der Waals surface area contributed by atoms with Gasteiger partial charge in [0.2, 0.25) is 0 Å². The zero-order chi connectivity index (χ0) is 55.7. The molecule has 0 saturated heterocycles. The average Bonchev–Trinajstić information content (AvgIpc) is 3.43. The molecule has 6 nitrogen and oxygen atoms in total. The molecule has 0 bridgehead atoms. The van der Waals surface area contributed by atoms with E-state index in [1.165, 1.54) is 44.9 Å². The predicted octanol–water partition coefficient (Wildman–Crippen LogP) is 21.3. The van der Waals surface area contributed by atoms with Crippen molar-refractivity contribution >= 4 is 17.9 Å². The van der Waals surface area contributed by atoms with E-state index in [1.807, 2.05) is 0 Å². The van der Waals surface area contributed by atoms with Crippen molar-refractivity contribution < 1.29 is 28.6 Å². The molecular formula is C71H112O6. The minimum atomic E-state index is -0.813. The second-order valence-electron chi connectivity index (χ2n) is 19.9. The molecule has 0 saturated carbocycles. The number of hydrogen-bond donors (Lipinski definition) is 0. The number of allylic oxidation sites excluding steroid dienone is 26. The van der Waals surface area contributed by atoms with Crippen molar-refractivity contribution in [2.24, 2.45) is 0 Å². The van der Waals surface area contributed by atoms with Crippen LogP contribution < -0.4 is 0 Å². The van der Waals surface area contributed by atoms with Gasteiger partial charge in [0.05, 0.1) is 0 Å². The Morgan fingerprint density at radius 3 is 0.883 bits per heavy atom. The molecule has 1 unspecified atom stereocenters. The van der Waals surface area contributed by atoms with Crippen LogP contribution in [0.1, 0.15) is 252 Å². The van der Waals surface area contributed by atoms with Gasteiger partial charge in [0.15, 0.2) is 6.10 Å². The SMILES string of the molecule is CC/C=C\C/C=C\C/C=C\C/C=C\C/C=C\C/C=C\C/C=C\C/C=C\C/C=C\C/C=C\CCCCC(=O)OCC(COC(=O)CCCCCCC/C=C\CCCCCC)OC(=O)CCCCCCC/C=C\C/C=C\CCC. The van der Waals surface area contributed by atoms with Crippen LogP contribution in [0.15, 0.2) is 158 Å². The van der Waals surface area contributed by atoms with Gasteiger partial charge < -0.3 is 14.2 Å². The van der Waals surface area contributed by atoms with E-state index in [4.69, 9.17) is 14.2 Å². The van der Waals surface area contributed by atoms with E-state index in [0.29, 0.717) is 25.7 Å². The molecular weight excluding hydrogens is 949 g/mol. The summed E-state index contributed by atoms with van der Waals surface area (Å²) in [5.74, 6) is -0.982. The summed E-state index contributed by atoms with van der Waals surface area (Å²) in [6.07, 6.45) is 92.5. The first-order valence-corrected chi connectivity index (χ1v) is 31.0. The van der Waals surface area contributed by atoms with Gasteiger partial charge in [-0.15, -0.1) is 0 Å². The Labute approximate surface area is 473 Å². The summed E-state index contributed by atoms with van der Waals surface area (Å²) in [5, 5.41) is 0. The minimum absolute atomic E-state index is 0.107. The monoisotopic (exact) mass is 1060 g/mol. The second kappa shape index (κ2) is 63.6. The van der Waals surface area contributed by atoms with Gasteiger partial charge in [0.1, 0.15) is 13.2 Å². The van der Waals surface area contributed by atoms with E-state index in [2.05, 4.69) is 179 Å². The third-order valence-electron chi connectivity index (χ3n) is 12.5. The van der Waals surface area contributed by atoms with Crippen molar-refractivity contribution in [3.05, 3.63) is 158 Å². The molecule has 0 spiro atoms. The van der Waals surface area contributed by atoms with Gasteiger partial charge in [-0.3, -0.25) is 14.4 Å². The summed E-state index contributed by atoms with van der Waals surface area (Å²) < 4.78 is 16.8. The Bertz CT molecular complexity index is 1740. The number of carbonyl (C=O) groups excluding carboxylic acids is 3. The van der Waals surface area contributed by atoms with E-state index in [1.54, 1.807) is 0 Å². The smallest absolute Gasteiger partial charge is 0.306 e. The second-order valence-corrected chi connectivity index (χ2v) is 19.9. The van der Waals surface area contributed by atoms with Crippen molar-refractivity contribution in [3.8, 4) is 0 Å². The fraction of sp³-hybridized carbons (Fsp3) is 0.592. The van der Waals surface area contributed by atoms with Crippen molar-refractivity contribution in [1.82, 2.24) is 0 Å². The quantitative estimate of drug-likeness (QED) is 0.0261. The van der Waals surface area contributed by atoms with Crippen LogP contribution in [0, 0.1) is 0 Å². The molecule has 432 valence electrons. The highest BCUT2D eigenvalue weighted by atomic mass is 16.6. The lowest BCUT2D eigenvalue weighted by atomic mass is 10.1. The Hall–Kier alpha value is -4.97. The van der Waals surface area contributed by atoms with E-state index < -0.39 is 6.10 Å². The van der Waals surface area contributed by atoms with Crippen molar-refractivity contribution in [2.45, 2.75) is 258 Å². The zero-order valence-corrected chi connectivity index (χ0v) is 49.4. The van der Waals surface area contributed by atoms with Crippen LogP contribution in [-0.2, 0) is 28.6 Å². The van der Waals surface area contributed by atoms with Crippen LogP contribution in [0.25, 0.3) is 0 Å². The lowest BCUT2D eigenvalue weighted by Crippen LogP contribution is -2.30. The maximum absolute atomic E-state index is 12.8. The first-order chi connectivity index (χ1) is 38.0. The van der Waals surface area contributed by atoms with Crippen molar-refractivity contribution in [2.75, 3.05) is 13.2 Å². The zero-order valence-electron chi connectivity index (χ0n) is 49.4.